The Morgan fingerprint density at radius 3 is 2.72 bits per heavy atom. The third-order valence-corrected chi connectivity index (χ3v) is 3.96. The summed E-state index contributed by atoms with van der Waals surface area (Å²) in [7, 11) is 1.68. The highest BCUT2D eigenvalue weighted by Crippen LogP contribution is 2.18. The van der Waals surface area contributed by atoms with Crippen molar-refractivity contribution in [2.24, 2.45) is 0 Å². The van der Waals surface area contributed by atoms with Crippen molar-refractivity contribution in [1.29, 1.82) is 0 Å². The minimum Gasteiger partial charge on any atom is -0.396 e. The van der Waals surface area contributed by atoms with Gasteiger partial charge >= 0.3 is 0 Å². The number of aliphatic hydroxyl groups excluding tert-OH is 1. The number of nitrogens with one attached hydrogen (secondary N) is 1. The van der Waals surface area contributed by atoms with E-state index in [1.54, 1.807) is 7.11 Å². The zero-order valence-corrected chi connectivity index (χ0v) is 12.9. The van der Waals surface area contributed by atoms with Crippen LogP contribution in [-0.4, -0.2) is 31.0 Å². The predicted octanol–water partition coefficient (Wildman–Crippen LogP) is 2.63. The number of aliphatic hydroxyl groups is 1. The van der Waals surface area contributed by atoms with Crippen LogP contribution in [0.2, 0.25) is 0 Å². The van der Waals surface area contributed by atoms with Gasteiger partial charge in [-0.2, -0.15) is 0 Å². The lowest BCUT2D eigenvalue weighted by atomic mass is 9.99. The zero-order chi connectivity index (χ0) is 13.6. The van der Waals surface area contributed by atoms with Crippen molar-refractivity contribution in [3.8, 4) is 0 Å². The molecule has 3 nitrogen and oxygen atoms in total. The SMILES string of the molecule is COCC(C)(CCO)NCc1ccc(Br)c(C)c1. The third-order valence-electron chi connectivity index (χ3n) is 3.07. The monoisotopic (exact) mass is 315 g/mol. The van der Waals surface area contributed by atoms with E-state index in [9.17, 15) is 0 Å². The van der Waals surface area contributed by atoms with Crippen molar-refractivity contribution in [2.75, 3.05) is 20.3 Å². The molecule has 18 heavy (non-hydrogen) atoms. The van der Waals surface area contributed by atoms with Gasteiger partial charge in [-0.25, -0.2) is 0 Å². The third kappa shape index (κ3) is 4.69. The molecule has 1 unspecified atom stereocenters. The fraction of sp³-hybridized carbons (Fsp3) is 0.571. The van der Waals surface area contributed by atoms with Gasteiger partial charge in [-0.3, -0.25) is 0 Å². The molecule has 0 amide bonds. The maximum absolute atomic E-state index is 9.10. The predicted molar refractivity (Wildman–Crippen MR) is 77.7 cm³/mol. The Morgan fingerprint density at radius 2 is 2.17 bits per heavy atom. The van der Waals surface area contributed by atoms with Gasteiger partial charge in [0.1, 0.15) is 0 Å². The number of aryl methyl sites for hydroxylation is 1. The molecule has 0 aliphatic heterocycles. The lowest BCUT2D eigenvalue weighted by molar-refractivity contribution is 0.0969. The Balaban J connectivity index is 2.63. The molecule has 1 aromatic carbocycles. The van der Waals surface area contributed by atoms with Crippen LogP contribution in [0.25, 0.3) is 0 Å². The second kappa shape index (κ2) is 7.24. The van der Waals surface area contributed by atoms with Crippen molar-refractivity contribution in [1.82, 2.24) is 5.32 Å². The largest absolute Gasteiger partial charge is 0.396 e. The Morgan fingerprint density at radius 1 is 1.44 bits per heavy atom. The maximum atomic E-state index is 9.10. The molecule has 0 radical (unpaired) electrons. The number of hydrogen-bond acceptors (Lipinski definition) is 3. The minimum atomic E-state index is -0.190. The van der Waals surface area contributed by atoms with E-state index in [1.807, 2.05) is 0 Å². The van der Waals surface area contributed by atoms with Gasteiger partial charge < -0.3 is 15.2 Å². The average molecular weight is 316 g/mol. The summed E-state index contributed by atoms with van der Waals surface area (Å²) in [4.78, 5) is 0. The molecule has 102 valence electrons. The summed E-state index contributed by atoms with van der Waals surface area (Å²) in [5.74, 6) is 0. The first kappa shape index (κ1) is 15.6. The van der Waals surface area contributed by atoms with Gasteiger partial charge in [-0.15, -0.1) is 0 Å². The lowest BCUT2D eigenvalue weighted by Crippen LogP contribution is -2.46. The smallest absolute Gasteiger partial charge is 0.0642 e. The van der Waals surface area contributed by atoms with E-state index in [4.69, 9.17) is 9.84 Å². The van der Waals surface area contributed by atoms with Crippen LogP contribution in [0.5, 0.6) is 0 Å². The van der Waals surface area contributed by atoms with Crippen LogP contribution in [0.3, 0.4) is 0 Å². The molecule has 4 heteroatoms. The van der Waals surface area contributed by atoms with Gasteiger partial charge in [0.2, 0.25) is 0 Å². The van der Waals surface area contributed by atoms with Crippen molar-refractivity contribution in [3.63, 3.8) is 0 Å². The first-order valence-corrected chi connectivity index (χ1v) is 6.90. The topological polar surface area (TPSA) is 41.5 Å². The first-order valence-electron chi connectivity index (χ1n) is 6.10. The van der Waals surface area contributed by atoms with E-state index >= 15 is 0 Å². The number of benzene rings is 1. The van der Waals surface area contributed by atoms with Gasteiger partial charge in [-0.05, 0) is 37.5 Å². The van der Waals surface area contributed by atoms with Gasteiger partial charge in [0.05, 0.1) is 6.61 Å². The molecule has 1 rings (SSSR count). The molecule has 0 aliphatic carbocycles. The second-order valence-corrected chi connectivity index (χ2v) is 5.76. The number of hydrogen-bond donors (Lipinski definition) is 2. The molecule has 0 bridgehead atoms. The molecule has 2 N–H and O–H groups in total. The second-order valence-electron chi connectivity index (χ2n) is 4.90. The van der Waals surface area contributed by atoms with Crippen LogP contribution in [0.4, 0.5) is 0 Å². The average Bonchev–Trinajstić information content (AvgIpc) is 2.32. The molecule has 0 aliphatic rings. The normalized spacial score (nSPS) is 14.5. The fourth-order valence-corrected chi connectivity index (χ4v) is 2.16. The van der Waals surface area contributed by atoms with E-state index in [-0.39, 0.29) is 12.1 Å². The molecule has 0 heterocycles. The molecule has 1 aromatic rings. The van der Waals surface area contributed by atoms with Crippen LogP contribution >= 0.6 is 15.9 Å². The van der Waals surface area contributed by atoms with Crippen LogP contribution in [-0.2, 0) is 11.3 Å². The van der Waals surface area contributed by atoms with Crippen LogP contribution in [0, 0.1) is 6.92 Å². The highest BCUT2D eigenvalue weighted by molar-refractivity contribution is 9.10. The van der Waals surface area contributed by atoms with Gasteiger partial charge in [0.25, 0.3) is 0 Å². The van der Waals surface area contributed by atoms with Crippen LogP contribution in [0.1, 0.15) is 24.5 Å². The summed E-state index contributed by atoms with van der Waals surface area (Å²) in [5.41, 5.74) is 2.27. The number of methoxy groups -OCH3 is 1. The van der Waals surface area contributed by atoms with E-state index in [2.05, 4.69) is 53.3 Å². The molecular weight excluding hydrogens is 294 g/mol. The standard InChI is InChI=1S/C14H22BrNO2/c1-11-8-12(4-5-13(11)15)9-16-14(2,6-7-17)10-18-3/h4-5,8,16-17H,6-7,9-10H2,1-3H3. The molecule has 0 fully saturated rings. The van der Waals surface area contributed by atoms with E-state index in [0.29, 0.717) is 13.0 Å². The van der Waals surface area contributed by atoms with E-state index in [0.717, 1.165) is 11.0 Å². The molecular formula is C14H22BrNO2. The Kier molecular flexibility index (Phi) is 6.29. The van der Waals surface area contributed by atoms with E-state index < -0.39 is 0 Å². The van der Waals surface area contributed by atoms with Gasteiger partial charge in [-0.1, -0.05) is 28.1 Å². The number of rotatable bonds is 7. The molecule has 0 aromatic heterocycles. The van der Waals surface area contributed by atoms with Crippen LogP contribution in [0.15, 0.2) is 22.7 Å². The highest BCUT2D eigenvalue weighted by atomic mass is 79.9. The Hall–Kier alpha value is -0.420. The zero-order valence-electron chi connectivity index (χ0n) is 11.3. The summed E-state index contributed by atoms with van der Waals surface area (Å²) in [5, 5.41) is 12.6. The summed E-state index contributed by atoms with van der Waals surface area (Å²) >= 11 is 3.50. The van der Waals surface area contributed by atoms with Crippen molar-refractivity contribution in [3.05, 3.63) is 33.8 Å². The Labute approximate surface area is 118 Å². The lowest BCUT2D eigenvalue weighted by Gasteiger charge is -2.29. The van der Waals surface area contributed by atoms with Gasteiger partial charge in [0.15, 0.2) is 0 Å². The van der Waals surface area contributed by atoms with Crippen LogP contribution < -0.4 is 5.32 Å². The number of ether oxygens (including phenoxy) is 1. The maximum Gasteiger partial charge on any atom is 0.0642 e. The first-order chi connectivity index (χ1) is 8.50. The Bertz CT molecular complexity index is 376. The minimum absolute atomic E-state index is 0.159. The summed E-state index contributed by atoms with van der Waals surface area (Å²) in [6.45, 7) is 5.66. The fourth-order valence-electron chi connectivity index (χ4n) is 1.91. The van der Waals surface area contributed by atoms with E-state index in [1.165, 1.54) is 11.1 Å². The molecule has 0 saturated heterocycles. The van der Waals surface area contributed by atoms with Gasteiger partial charge in [0, 0.05) is 30.3 Å². The summed E-state index contributed by atoms with van der Waals surface area (Å²) < 4.78 is 6.34. The summed E-state index contributed by atoms with van der Waals surface area (Å²) in [6, 6.07) is 6.31. The summed E-state index contributed by atoms with van der Waals surface area (Å²) in [6.07, 6.45) is 0.677. The van der Waals surface area contributed by atoms with Crippen molar-refractivity contribution < 1.29 is 9.84 Å². The molecule has 0 saturated carbocycles. The molecule has 0 spiro atoms. The van der Waals surface area contributed by atoms with Crippen molar-refractivity contribution in [2.45, 2.75) is 32.4 Å². The number of halogens is 1. The quantitative estimate of drug-likeness (QED) is 0.812. The highest BCUT2D eigenvalue weighted by Gasteiger charge is 2.22. The molecule has 1 atom stereocenters. The van der Waals surface area contributed by atoms with Crippen molar-refractivity contribution >= 4 is 15.9 Å².